The van der Waals surface area contributed by atoms with Gasteiger partial charge in [-0.25, -0.2) is 0 Å². The maximum Gasteiger partial charge on any atom is 0.257 e. The van der Waals surface area contributed by atoms with E-state index in [0.717, 1.165) is 5.39 Å². The van der Waals surface area contributed by atoms with Crippen molar-refractivity contribution in [2.24, 2.45) is 0 Å². The normalized spacial score (nSPS) is 10.5. The van der Waals surface area contributed by atoms with Gasteiger partial charge < -0.3 is 20.1 Å². The van der Waals surface area contributed by atoms with Crippen molar-refractivity contribution in [3.05, 3.63) is 54.2 Å². The van der Waals surface area contributed by atoms with Gasteiger partial charge >= 0.3 is 0 Å². The number of benzene rings is 2. The molecule has 6 nitrogen and oxygen atoms in total. The average Bonchev–Trinajstić information content (AvgIpc) is 2.62. The van der Waals surface area contributed by atoms with Crippen LogP contribution in [0.25, 0.3) is 10.9 Å². The van der Waals surface area contributed by atoms with E-state index in [4.69, 9.17) is 15.2 Å². The van der Waals surface area contributed by atoms with Gasteiger partial charge in [0.05, 0.1) is 18.2 Å². The van der Waals surface area contributed by atoms with Crippen LogP contribution in [0, 0.1) is 0 Å². The summed E-state index contributed by atoms with van der Waals surface area (Å²) >= 11 is 0. The van der Waals surface area contributed by atoms with Gasteiger partial charge in [0, 0.05) is 37.4 Å². The van der Waals surface area contributed by atoms with Crippen molar-refractivity contribution in [1.82, 2.24) is 9.88 Å². The van der Waals surface area contributed by atoms with Gasteiger partial charge in [-0.05, 0) is 36.4 Å². The number of rotatable bonds is 4. The van der Waals surface area contributed by atoms with Gasteiger partial charge in [-0.2, -0.15) is 0 Å². The van der Waals surface area contributed by atoms with Gasteiger partial charge in [-0.3, -0.25) is 9.78 Å². The van der Waals surface area contributed by atoms with E-state index in [9.17, 15) is 4.79 Å². The fraction of sp³-hybridized carbons (Fsp3) is 0.158. The fourth-order valence-corrected chi connectivity index (χ4v) is 2.48. The maximum atomic E-state index is 12.4. The Balaban J connectivity index is 2.11. The summed E-state index contributed by atoms with van der Waals surface area (Å²) in [5.74, 6) is 1.58. The Bertz CT molecular complexity index is 921. The lowest BCUT2D eigenvalue weighted by atomic mass is 10.1. The topological polar surface area (TPSA) is 77.7 Å². The van der Waals surface area contributed by atoms with Gasteiger partial charge in [-0.1, -0.05) is 0 Å². The van der Waals surface area contributed by atoms with E-state index in [1.165, 1.54) is 12.0 Å². The van der Waals surface area contributed by atoms with Crippen LogP contribution >= 0.6 is 0 Å². The number of carbonyl (C=O) groups is 1. The zero-order valence-corrected chi connectivity index (χ0v) is 14.3. The summed E-state index contributed by atoms with van der Waals surface area (Å²) in [6.07, 6.45) is 1.65. The van der Waals surface area contributed by atoms with E-state index < -0.39 is 0 Å². The molecular formula is C19H19N3O3. The minimum Gasteiger partial charge on any atom is -0.496 e. The Morgan fingerprint density at radius 2 is 1.80 bits per heavy atom. The lowest BCUT2D eigenvalue weighted by Gasteiger charge is -2.15. The number of hydrogen-bond donors (Lipinski definition) is 1. The van der Waals surface area contributed by atoms with Crippen LogP contribution in [-0.4, -0.2) is 37.0 Å². The number of nitrogens with two attached hydrogens (primary N) is 1. The van der Waals surface area contributed by atoms with Gasteiger partial charge in [0.25, 0.3) is 5.91 Å². The summed E-state index contributed by atoms with van der Waals surface area (Å²) in [5, 5.41) is 0.727. The monoisotopic (exact) mass is 337 g/mol. The zero-order chi connectivity index (χ0) is 18.0. The number of amides is 1. The molecule has 0 saturated carbocycles. The van der Waals surface area contributed by atoms with E-state index in [1.54, 1.807) is 62.8 Å². The van der Waals surface area contributed by atoms with Crippen molar-refractivity contribution in [2.75, 3.05) is 26.9 Å². The van der Waals surface area contributed by atoms with Gasteiger partial charge in [0.2, 0.25) is 0 Å². The number of hydrogen-bond acceptors (Lipinski definition) is 5. The van der Waals surface area contributed by atoms with Crippen molar-refractivity contribution in [3.8, 4) is 17.2 Å². The van der Waals surface area contributed by atoms with Gasteiger partial charge in [0.15, 0.2) is 0 Å². The third kappa shape index (κ3) is 3.33. The molecule has 0 fully saturated rings. The van der Waals surface area contributed by atoms with Crippen molar-refractivity contribution in [1.29, 1.82) is 0 Å². The quantitative estimate of drug-likeness (QED) is 0.739. The number of aromatic nitrogens is 1. The van der Waals surface area contributed by atoms with Crippen LogP contribution in [0.1, 0.15) is 10.4 Å². The molecule has 0 radical (unpaired) electrons. The standard InChI is InChI=1S/C19H19N3O3/c1-22(2)19(23)15-10-14-16(11-18(15)24-3)21-9-8-17(14)25-13-6-4-12(20)5-7-13/h4-11H,20H2,1-3H3. The molecule has 3 rings (SSSR count). The molecule has 6 heteroatoms. The van der Waals surface area contributed by atoms with E-state index in [-0.39, 0.29) is 5.91 Å². The van der Waals surface area contributed by atoms with Crippen LogP contribution < -0.4 is 15.2 Å². The van der Waals surface area contributed by atoms with E-state index >= 15 is 0 Å². The minimum atomic E-state index is -0.152. The molecule has 25 heavy (non-hydrogen) atoms. The Hall–Kier alpha value is -3.28. The van der Waals surface area contributed by atoms with Crippen molar-refractivity contribution < 1.29 is 14.3 Å². The van der Waals surface area contributed by atoms with Crippen molar-refractivity contribution >= 4 is 22.5 Å². The van der Waals surface area contributed by atoms with Gasteiger partial charge in [-0.15, -0.1) is 0 Å². The third-order valence-electron chi connectivity index (χ3n) is 3.77. The molecule has 0 atom stereocenters. The molecule has 0 aliphatic rings. The number of ether oxygens (including phenoxy) is 2. The van der Waals surface area contributed by atoms with Crippen LogP contribution in [0.3, 0.4) is 0 Å². The molecule has 2 N–H and O–H groups in total. The maximum absolute atomic E-state index is 12.4. The first-order valence-corrected chi connectivity index (χ1v) is 7.71. The highest BCUT2D eigenvalue weighted by Crippen LogP contribution is 2.33. The molecule has 0 spiro atoms. The highest BCUT2D eigenvalue weighted by Gasteiger charge is 2.17. The summed E-state index contributed by atoms with van der Waals surface area (Å²) in [4.78, 5) is 18.3. The molecule has 128 valence electrons. The van der Waals surface area contributed by atoms with E-state index in [0.29, 0.717) is 34.0 Å². The van der Waals surface area contributed by atoms with Crippen LogP contribution in [0.4, 0.5) is 5.69 Å². The predicted octanol–water partition coefficient (Wildman–Crippen LogP) is 3.32. The molecule has 0 saturated heterocycles. The molecule has 2 aromatic carbocycles. The zero-order valence-electron chi connectivity index (χ0n) is 14.3. The molecule has 0 aliphatic carbocycles. The molecule has 1 amide bonds. The van der Waals surface area contributed by atoms with Crippen molar-refractivity contribution in [2.45, 2.75) is 0 Å². The SMILES string of the molecule is COc1cc2nccc(Oc3ccc(N)cc3)c2cc1C(=O)N(C)C. The first-order chi connectivity index (χ1) is 12.0. The second-order valence-corrected chi connectivity index (χ2v) is 5.75. The molecule has 3 aromatic rings. The number of nitrogen functional groups attached to an aromatic ring is 1. The summed E-state index contributed by atoms with van der Waals surface area (Å²) in [5.41, 5.74) is 7.50. The summed E-state index contributed by atoms with van der Waals surface area (Å²) in [6.45, 7) is 0. The number of methoxy groups -OCH3 is 1. The Morgan fingerprint density at radius 3 is 2.44 bits per heavy atom. The number of anilines is 1. The summed E-state index contributed by atoms with van der Waals surface area (Å²) in [7, 11) is 4.92. The highest BCUT2D eigenvalue weighted by atomic mass is 16.5. The molecule has 0 unspecified atom stereocenters. The largest absolute Gasteiger partial charge is 0.496 e. The van der Waals surface area contributed by atoms with Gasteiger partial charge in [0.1, 0.15) is 17.2 Å². The van der Waals surface area contributed by atoms with Crippen LogP contribution in [0.15, 0.2) is 48.7 Å². The van der Waals surface area contributed by atoms with Crippen LogP contribution in [0.5, 0.6) is 17.2 Å². The molecule has 0 bridgehead atoms. The average molecular weight is 337 g/mol. The number of fused-ring (bicyclic) bond motifs is 1. The Kier molecular flexibility index (Phi) is 4.43. The number of nitrogens with zero attached hydrogens (tertiary/aromatic N) is 2. The van der Waals surface area contributed by atoms with Crippen molar-refractivity contribution in [3.63, 3.8) is 0 Å². The number of pyridine rings is 1. The lowest BCUT2D eigenvalue weighted by molar-refractivity contribution is 0.0824. The smallest absolute Gasteiger partial charge is 0.257 e. The minimum absolute atomic E-state index is 0.152. The molecule has 0 aliphatic heterocycles. The first kappa shape index (κ1) is 16.6. The first-order valence-electron chi connectivity index (χ1n) is 7.71. The van der Waals surface area contributed by atoms with Crippen LogP contribution in [0.2, 0.25) is 0 Å². The molecule has 1 heterocycles. The molecule has 1 aromatic heterocycles. The summed E-state index contributed by atoms with van der Waals surface area (Å²) < 4.78 is 11.3. The third-order valence-corrected chi connectivity index (χ3v) is 3.77. The Morgan fingerprint density at radius 1 is 1.08 bits per heavy atom. The van der Waals surface area contributed by atoms with E-state index in [1.807, 2.05) is 0 Å². The predicted molar refractivity (Wildman–Crippen MR) is 97.2 cm³/mol. The molecular weight excluding hydrogens is 318 g/mol. The number of carbonyl (C=O) groups excluding carboxylic acids is 1. The van der Waals surface area contributed by atoms with E-state index in [2.05, 4.69) is 4.98 Å². The van der Waals surface area contributed by atoms with Crippen LogP contribution in [-0.2, 0) is 0 Å². The fourth-order valence-electron chi connectivity index (χ4n) is 2.48. The summed E-state index contributed by atoms with van der Waals surface area (Å²) in [6, 6.07) is 12.4. The lowest BCUT2D eigenvalue weighted by Crippen LogP contribution is -2.22. The Labute approximate surface area is 145 Å². The second kappa shape index (κ2) is 6.68. The highest BCUT2D eigenvalue weighted by molar-refractivity contribution is 6.02. The second-order valence-electron chi connectivity index (χ2n) is 5.75.